The van der Waals surface area contributed by atoms with Gasteiger partial charge in [0.2, 0.25) is 0 Å². The summed E-state index contributed by atoms with van der Waals surface area (Å²) >= 11 is 0. The molecule has 40 atom stereocenters. The molecule has 16 rings (SSSR count). The van der Waals surface area contributed by atoms with Crippen molar-refractivity contribution in [3.8, 4) is 0 Å². The van der Waals surface area contributed by atoms with Crippen LogP contribution in [0.1, 0.15) is 0 Å². The normalized spacial score (nSPS) is 55.2. The molecule has 16 aliphatic rings. The molecule has 0 radical (unpaired) electrons. The molecule has 512 valence electrons. The van der Waals surface area contributed by atoms with Crippen LogP contribution in [-0.4, -0.2) is 421 Å². The zero-order valence-electron chi connectivity index (χ0n) is 46.0. The maximum Gasteiger partial charge on any atom is 0.187 e. The lowest BCUT2D eigenvalue weighted by atomic mass is 9.94. The molecule has 1 unspecified atom stereocenters. The van der Waals surface area contributed by atoms with E-state index in [-0.39, 0.29) is 0 Å². The van der Waals surface area contributed by atoms with Gasteiger partial charge in [-0.3, -0.25) is 0 Å². The fraction of sp³-hybridized carbons (Fsp3) is 1.00. The average molecular weight is 1300 g/mol. The van der Waals surface area contributed by atoms with Crippen LogP contribution in [0.3, 0.4) is 0 Å². The first kappa shape index (κ1) is 70.7. The fourth-order valence-corrected chi connectivity index (χ4v) is 12.0. The van der Waals surface area contributed by atoms with E-state index in [2.05, 4.69) is 0 Å². The van der Waals surface area contributed by atoms with E-state index in [1.54, 1.807) is 0 Å². The molecule has 24 N–H and O–H groups in total. The number of aliphatic hydroxyl groups is 24. The third-order valence-electron chi connectivity index (χ3n) is 16.9. The van der Waals surface area contributed by atoms with Crippen molar-refractivity contribution in [2.75, 3.05) is 52.9 Å². The quantitative estimate of drug-likeness (QED) is 0.0966. The standard InChI is InChI=1S/C48H80O40/c49-1-9-32(17(57)24(64)41(72)73-9)81-40-31(71)39-16(8-56)80-48(40)88-38-15(7-55)79-46(30(70)23(38)63)86-36-13(5-53)77-44(28(68)21(36)61)84-34-11(3-51)75-42(26(66)19(34)59)82-33-10(2-50)74-43(25(65)18(33)58)83-35-12(4-52)76-45(27(67)20(35)60)85-37-14(6-54)78-47(87-39)29(69)22(37)62/h9-72H,1-8H2/t9-,10-,11-,12-,13-,14-,15-,16-,17-,18-,19-,20-,21-,22-,23-,24-,25-,26-,27-,28-,29-,30-,31+,32-,33-,34-,35-,36-,37-,38-,39-,40-,41+,42-,43-,44?,45-,46-,47-,48-/m1/s1. The Morgan fingerprint density at radius 1 is 0.182 bits per heavy atom. The highest BCUT2D eigenvalue weighted by Gasteiger charge is 2.61. The third-order valence-corrected chi connectivity index (χ3v) is 16.9. The lowest BCUT2D eigenvalue weighted by Crippen LogP contribution is -2.69. The summed E-state index contributed by atoms with van der Waals surface area (Å²) in [6.07, 6.45) is -83.5. The summed E-state index contributed by atoms with van der Waals surface area (Å²) < 4.78 is 92.1. The van der Waals surface area contributed by atoms with Crippen LogP contribution < -0.4 is 0 Å². The molecule has 0 aromatic carbocycles. The molecule has 0 spiro atoms. The highest BCUT2D eigenvalue weighted by Crippen LogP contribution is 2.40. The lowest BCUT2D eigenvalue weighted by Gasteiger charge is -2.51. The summed E-state index contributed by atoms with van der Waals surface area (Å²) in [5.41, 5.74) is 0. The van der Waals surface area contributed by atoms with Crippen LogP contribution in [0.15, 0.2) is 0 Å². The van der Waals surface area contributed by atoms with Gasteiger partial charge in [-0.2, -0.15) is 0 Å². The van der Waals surface area contributed by atoms with Crippen LogP contribution >= 0.6 is 0 Å². The summed E-state index contributed by atoms with van der Waals surface area (Å²) in [5, 5.41) is 266. The molecule has 0 amide bonds. The van der Waals surface area contributed by atoms with Gasteiger partial charge in [0.25, 0.3) is 0 Å². The summed E-state index contributed by atoms with van der Waals surface area (Å²) in [6.45, 7) is -8.87. The molecule has 0 saturated carbocycles. The van der Waals surface area contributed by atoms with Gasteiger partial charge in [-0.15, -0.1) is 0 Å². The largest absolute Gasteiger partial charge is 0.394 e. The number of rotatable bonds is 10. The minimum atomic E-state index is -2.35. The second-order valence-corrected chi connectivity index (χ2v) is 22.5. The first-order chi connectivity index (χ1) is 41.9. The van der Waals surface area contributed by atoms with Gasteiger partial charge in [0.1, 0.15) is 195 Å². The lowest BCUT2D eigenvalue weighted by molar-refractivity contribution is -0.404. The molecule has 40 nitrogen and oxygen atoms in total. The minimum absolute atomic E-state index is 1.06. The molecule has 0 aromatic heterocycles. The molecule has 16 aliphatic heterocycles. The zero-order valence-corrected chi connectivity index (χ0v) is 46.0. The van der Waals surface area contributed by atoms with Gasteiger partial charge in [0.15, 0.2) is 50.3 Å². The van der Waals surface area contributed by atoms with Crippen LogP contribution in [0.5, 0.6) is 0 Å². The van der Waals surface area contributed by atoms with Crippen molar-refractivity contribution in [2.45, 2.75) is 246 Å². The monoisotopic (exact) mass is 1300 g/mol. The maximum atomic E-state index is 12.2. The van der Waals surface area contributed by atoms with Gasteiger partial charge >= 0.3 is 0 Å². The number of fused-ring (bicyclic) bond motifs is 7. The van der Waals surface area contributed by atoms with E-state index >= 15 is 0 Å². The van der Waals surface area contributed by atoms with E-state index in [1.807, 2.05) is 0 Å². The van der Waals surface area contributed by atoms with E-state index in [0.29, 0.717) is 0 Å². The average Bonchev–Trinajstić information content (AvgIpc) is 1.40. The Labute approximate surface area is 496 Å². The Morgan fingerprint density at radius 2 is 0.386 bits per heavy atom. The summed E-state index contributed by atoms with van der Waals surface area (Å²) in [6, 6.07) is 0. The van der Waals surface area contributed by atoms with E-state index < -0.39 is 299 Å². The predicted molar refractivity (Wildman–Crippen MR) is 261 cm³/mol. The van der Waals surface area contributed by atoms with Gasteiger partial charge in [0, 0.05) is 0 Å². The topological polar surface area (TPSA) is 633 Å². The highest BCUT2D eigenvalue weighted by molar-refractivity contribution is 5.03. The molecule has 88 heavy (non-hydrogen) atoms. The second-order valence-electron chi connectivity index (χ2n) is 22.5. The molecule has 14 bridgehead atoms. The summed E-state index contributed by atoms with van der Waals surface area (Å²) in [7, 11) is 0. The molecule has 0 aromatic rings. The Hall–Kier alpha value is -1.60. The van der Waals surface area contributed by atoms with E-state index in [1.165, 1.54) is 0 Å². The van der Waals surface area contributed by atoms with Crippen molar-refractivity contribution in [3.05, 3.63) is 0 Å². The van der Waals surface area contributed by atoms with E-state index in [0.717, 1.165) is 0 Å². The SMILES string of the molecule is OC[C@H]1O[C@H](O)[C@H](O)[C@@H](O)[C@@H]1O[C@H]1[C@H]2O[C@H]3[C@H](O)[C@@H](O)[C@@H](O[C@H]4[C@H](O)[C@@H](O)C(O[C@H]5[C@H](O)[C@@H](O)[C@@H](O[C@H]6[C@H](O)[C@@H](O)[C@@H](O[C@H]7[C@H](O)[C@@H](O)[C@@H](O[C@H]8[C@H](O)[C@@H](O)[C@@H](O[C@@H]([C@@H]1O)[C@@H](CO)O2)O[C@@H]8CO)O[C@@H]7CO)O[C@@H]6CO)O[C@@H]5CO)O[C@@H]4CO)O[C@@H]3CO. The van der Waals surface area contributed by atoms with Crippen molar-refractivity contribution in [2.24, 2.45) is 0 Å². The second kappa shape index (κ2) is 30.0. The van der Waals surface area contributed by atoms with Crippen LogP contribution in [0, 0.1) is 0 Å². The van der Waals surface area contributed by atoms with E-state index in [4.69, 9.17) is 75.8 Å². The Morgan fingerprint density at radius 3 is 0.614 bits per heavy atom. The third kappa shape index (κ3) is 13.8. The Balaban J connectivity index is 1.04. The molecule has 16 heterocycles. The van der Waals surface area contributed by atoms with Gasteiger partial charge in [-0.1, -0.05) is 0 Å². The molecule has 16 saturated heterocycles. The van der Waals surface area contributed by atoms with Gasteiger partial charge in [-0.05, 0) is 0 Å². The summed E-state index contributed by atoms with van der Waals surface area (Å²) in [5.74, 6) is 0. The van der Waals surface area contributed by atoms with Crippen LogP contribution in [0.4, 0.5) is 0 Å². The number of hydrogen-bond donors (Lipinski definition) is 24. The van der Waals surface area contributed by atoms with Crippen molar-refractivity contribution in [3.63, 3.8) is 0 Å². The Bertz CT molecular complexity index is 2140. The maximum absolute atomic E-state index is 12.2. The Kier molecular flexibility index (Phi) is 24.1. The van der Waals surface area contributed by atoms with Crippen LogP contribution in [-0.2, 0) is 75.8 Å². The van der Waals surface area contributed by atoms with Crippen molar-refractivity contribution < 1.29 is 198 Å². The first-order valence-corrected chi connectivity index (χ1v) is 28.1. The molecular formula is C48H80O40. The molecule has 40 heteroatoms. The smallest absolute Gasteiger partial charge is 0.187 e. The van der Waals surface area contributed by atoms with Gasteiger partial charge < -0.3 is 198 Å². The zero-order chi connectivity index (χ0) is 64.1. The number of aliphatic hydroxyl groups excluding tert-OH is 24. The predicted octanol–water partition coefficient (Wildman–Crippen LogP) is -17.4. The van der Waals surface area contributed by atoms with Crippen molar-refractivity contribution in [1.82, 2.24) is 0 Å². The van der Waals surface area contributed by atoms with Gasteiger partial charge in [0.05, 0.1) is 52.9 Å². The minimum Gasteiger partial charge on any atom is -0.394 e. The molecule has 0 aliphatic carbocycles. The first-order valence-electron chi connectivity index (χ1n) is 28.1. The fourth-order valence-electron chi connectivity index (χ4n) is 12.0. The van der Waals surface area contributed by atoms with Crippen LogP contribution in [0.2, 0.25) is 0 Å². The summed E-state index contributed by atoms with van der Waals surface area (Å²) in [4.78, 5) is 0. The van der Waals surface area contributed by atoms with Gasteiger partial charge in [-0.25, -0.2) is 0 Å². The van der Waals surface area contributed by atoms with Crippen LogP contribution in [0.25, 0.3) is 0 Å². The molecular weight excluding hydrogens is 1220 g/mol. The number of ether oxygens (including phenoxy) is 16. The molecule has 16 fully saturated rings. The van der Waals surface area contributed by atoms with Crippen molar-refractivity contribution in [1.29, 1.82) is 0 Å². The van der Waals surface area contributed by atoms with Crippen molar-refractivity contribution >= 4 is 0 Å². The van der Waals surface area contributed by atoms with E-state index in [9.17, 15) is 123 Å². The number of hydrogen-bond acceptors (Lipinski definition) is 40. The highest BCUT2D eigenvalue weighted by atomic mass is 16.8.